The number of fused-ring (bicyclic) bond motifs is 2. The summed E-state index contributed by atoms with van der Waals surface area (Å²) in [7, 11) is 0. The molecule has 2 aromatic heterocycles. The number of H-pyrrole nitrogens is 1. The zero-order valence-electron chi connectivity index (χ0n) is 29.0. The van der Waals surface area contributed by atoms with E-state index in [1.807, 2.05) is 54.6 Å². The molecule has 0 bridgehead atoms. The summed E-state index contributed by atoms with van der Waals surface area (Å²) in [5.41, 5.74) is 3.08. The second-order valence-corrected chi connectivity index (χ2v) is 13.3. The molecule has 5 N–H and O–H groups in total. The lowest BCUT2D eigenvalue weighted by molar-refractivity contribution is -0.142. The third kappa shape index (κ3) is 8.20. The minimum atomic E-state index is -1.18. The van der Waals surface area contributed by atoms with E-state index in [0.29, 0.717) is 11.3 Å². The third-order valence-corrected chi connectivity index (χ3v) is 9.60. The Labute approximate surface area is 299 Å². The van der Waals surface area contributed by atoms with Crippen LogP contribution in [0.15, 0.2) is 71.7 Å². The van der Waals surface area contributed by atoms with Crippen LogP contribution in [0.4, 0.5) is 0 Å². The van der Waals surface area contributed by atoms with Crippen LogP contribution in [0, 0.1) is 13.8 Å². The molecule has 5 amide bonds. The molecule has 4 aromatic rings. The van der Waals surface area contributed by atoms with Crippen molar-refractivity contribution in [3.05, 3.63) is 99.6 Å². The van der Waals surface area contributed by atoms with E-state index in [9.17, 15) is 33.9 Å². The number of amides is 5. The van der Waals surface area contributed by atoms with Gasteiger partial charge in [-0.05, 0) is 36.6 Å². The molecule has 2 aliphatic rings. The number of rotatable bonds is 6. The van der Waals surface area contributed by atoms with Crippen molar-refractivity contribution in [1.82, 2.24) is 40.5 Å². The third-order valence-electron chi connectivity index (χ3n) is 9.60. The maximum atomic E-state index is 14.4. The van der Waals surface area contributed by atoms with Crippen LogP contribution < -0.4 is 21.5 Å². The molecule has 0 unspecified atom stereocenters. The van der Waals surface area contributed by atoms with E-state index >= 15 is 0 Å². The first-order valence-corrected chi connectivity index (χ1v) is 17.2. The van der Waals surface area contributed by atoms with Crippen LogP contribution in [0.3, 0.4) is 0 Å². The summed E-state index contributed by atoms with van der Waals surface area (Å²) in [6.45, 7) is 2.13. The zero-order chi connectivity index (χ0) is 36.9. The van der Waals surface area contributed by atoms with E-state index in [-0.39, 0.29) is 38.9 Å². The minimum absolute atomic E-state index is 0.0437. The first-order valence-electron chi connectivity index (χ1n) is 17.2. The Hall–Kier alpha value is -5.83. The predicted molar refractivity (Wildman–Crippen MR) is 190 cm³/mol. The molecule has 0 saturated carbocycles. The first-order chi connectivity index (χ1) is 25.0. The molecule has 15 nitrogen and oxygen atoms in total. The van der Waals surface area contributed by atoms with E-state index in [1.54, 1.807) is 20.0 Å². The number of carbonyl (C=O) groups is 5. The van der Waals surface area contributed by atoms with Crippen molar-refractivity contribution >= 4 is 40.4 Å². The second kappa shape index (κ2) is 15.6. The van der Waals surface area contributed by atoms with Crippen LogP contribution in [0.5, 0.6) is 0 Å². The minimum Gasteiger partial charge on any atom is -0.391 e. The molecule has 2 aromatic carbocycles. The fourth-order valence-corrected chi connectivity index (χ4v) is 6.71. The summed E-state index contributed by atoms with van der Waals surface area (Å²) in [6, 6.07) is 14.6. The topological polar surface area (TPSA) is 199 Å². The Morgan fingerprint density at radius 1 is 0.923 bits per heavy atom. The molecule has 2 fully saturated rings. The molecule has 6 rings (SSSR count). The average molecular weight is 711 g/mol. The van der Waals surface area contributed by atoms with Crippen LogP contribution in [0.1, 0.15) is 28.8 Å². The Balaban J connectivity index is 1.33. The number of aliphatic hydroxyl groups excluding tert-OH is 1. The quantitative estimate of drug-likeness (QED) is 0.180. The summed E-state index contributed by atoms with van der Waals surface area (Å²) < 4.78 is 1.02. The van der Waals surface area contributed by atoms with Gasteiger partial charge >= 0.3 is 0 Å². The zero-order valence-corrected chi connectivity index (χ0v) is 29.0. The van der Waals surface area contributed by atoms with Crippen molar-refractivity contribution in [2.75, 3.05) is 26.2 Å². The number of benzene rings is 2. The molecule has 0 radical (unpaired) electrons. The predicted octanol–water partition coefficient (Wildman–Crippen LogP) is -0.283. The van der Waals surface area contributed by atoms with Gasteiger partial charge in [-0.15, -0.1) is 0 Å². The van der Waals surface area contributed by atoms with Gasteiger partial charge in [0.25, 0.3) is 5.56 Å². The summed E-state index contributed by atoms with van der Waals surface area (Å²) >= 11 is 0. The van der Waals surface area contributed by atoms with Crippen molar-refractivity contribution in [3.63, 3.8) is 0 Å². The number of aromatic nitrogens is 3. The van der Waals surface area contributed by atoms with E-state index in [0.717, 1.165) is 26.7 Å². The van der Waals surface area contributed by atoms with Gasteiger partial charge in [0.1, 0.15) is 24.7 Å². The van der Waals surface area contributed by atoms with Gasteiger partial charge in [-0.1, -0.05) is 48.5 Å². The lowest BCUT2D eigenvalue weighted by atomic mass is 10.0. The smallest absolute Gasteiger partial charge is 0.267 e. The standard InChI is InChI=1S/C37H42N8O7/c1-22-14-33(48)45(42-23(22)2)21-34(49)43-13-12-38-35(50)29(15-24-8-4-3-5-9-24)41-36(51)31-17-26(46)19-44(31)37(52)30(40-32(47)20-43)16-25-18-39-28-11-7-6-10-27(25)28/h3-11,14,18,26,29-31,39,46H,12-13,15-17,19-21H2,1-2H3,(H,38,50)(H,40,47)(H,41,51)/t26-,29+,30-,31+/m1/s1. The summed E-state index contributed by atoms with van der Waals surface area (Å²) in [6.07, 6.45) is 0.855. The van der Waals surface area contributed by atoms with E-state index in [4.69, 9.17) is 0 Å². The van der Waals surface area contributed by atoms with Gasteiger partial charge in [-0.25, -0.2) is 4.68 Å². The molecule has 0 spiro atoms. The molecular formula is C37H42N8O7. The average Bonchev–Trinajstić information content (AvgIpc) is 3.72. The van der Waals surface area contributed by atoms with Crippen molar-refractivity contribution in [1.29, 1.82) is 0 Å². The summed E-state index contributed by atoms with van der Waals surface area (Å²) in [4.78, 5) is 87.6. The van der Waals surface area contributed by atoms with Crippen LogP contribution in [0.2, 0.25) is 0 Å². The Morgan fingerprint density at radius 3 is 2.46 bits per heavy atom. The number of nitrogens with one attached hydrogen (secondary N) is 4. The number of aryl methyl sites for hydroxylation is 2. The van der Waals surface area contributed by atoms with Gasteiger partial charge in [0.15, 0.2) is 0 Å². The van der Waals surface area contributed by atoms with Gasteiger partial charge in [0.2, 0.25) is 29.5 Å². The van der Waals surface area contributed by atoms with Gasteiger partial charge in [-0.2, -0.15) is 5.10 Å². The highest BCUT2D eigenvalue weighted by Gasteiger charge is 2.43. The van der Waals surface area contributed by atoms with Crippen LogP contribution in [0.25, 0.3) is 10.9 Å². The molecule has 4 heterocycles. The van der Waals surface area contributed by atoms with Gasteiger partial charge < -0.3 is 35.8 Å². The number of aliphatic hydroxyl groups is 1. The van der Waals surface area contributed by atoms with Crippen LogP contribution in [-0.4, -0.2) is 110 Å². The first kappa shape index (κ1) is 36.0. The Kier molecular flexibility index (Phi) is 10.8. The highest BCUT2D eigenvalue weighted by atomic mass is 16.3. The van der Waals surface area contributed by atoms with Crippen LogP contribution >= 0.6 is 0 Å². The molecular weight excluding hydrogens is 668 g/mol. The normalized spacial score (nSPS) is 21.9. The van der Waals surface area contributed by atoms with Gasteiger partial charge in [-0.3, -0.25) is 28.8 Å². The fourth-order valence-electron chi connectivity index (χ4n) is 6.71. The van der Waals surface area contributed by atoms with Crippen molar-refractivity contribution in [2.24, 2.45) is 0 Å². The lowest BCUT2D eigenvalue weighted by Gasteiger charge is -2.30. The monoisotopic (exact) mass is 710 g/mol. The maximum absolute atomic E-state index is 14.4. The van der Waals surface area contributed by atoms with Gasteiger partial charge in [0, 0.05) is 62.1 Å². The molecule has 272 valence electrons. The summed E-state index contributed by atoms with van der Waals surface area (Å²) in [5.74, 6) is -3.03. The van der Waals surface area contributed by atoms with E-state index in [1.165, 1.54) is 15.9 Å². The van der Waals surface area contributed by atoms with Crippen molar-refractivity contribution in [2.45, 2.75) is 63.9 Å². The Bertz CT molecular complexity index is 2040. The molecule has 2 aliphatic heterocycles. The largest absolute Gasteiger partial charge is 0.391 e. The summed E-state index contributed by atoms with van der Waals surface area (Å²) in [5, 5.41) is 24.1. The molecule has 2 saturated heterocycles. The van der Waals surface area contributed by atoms with Crippen molar-refractivity contribution in [3.8, 4) is 0 Å². The molecule has 52 heavy (non-hydrogen) atoms. The maximum Gasteiger partial charge on any atom is 0.267 e. The van der Waals surface area contributed by atoms with Gasteiger partial charge in [0.05, 0.1) is 18.3 Å². The highest BCUT2D eigenvalue weighted by Crippen LogP contribution is 2.24. The number of hydrogen-bond acceptors (Lipinski definition) is 8. The number of hydrogen-bond donors (Lipinski definition) is 5. The number of para-hydroxylation sites is 1. The molecule has 4 atom stereocenters. The highest BCUT2D eigenvalue weighted by molar-refractivity contribution is 5.96. The molecule has 15 heteroatoms. The number of nitrogens with zero attached hydrogens (tertiary/aromatic N) is 4. The van der Waals surface area contributed by atoms with E-state index < -0.39 is 72.4 Å². The number of carbonyl (C=O) groups excluding carboxylic acids is 5. The Morgan fingerprint density at radius 2 is 1.67 bits per heavy atom. The van der Waals surface area contributed by atoms with E-state index in [2.05, 4.69) is 26.0 Å². The van der Waals surface area contributed by atoms with Crippen molar-refractivity contribution < 1.29 is 29.1 Å². The second-order valence-electron chi connectivity index (χ2n) is 13.3. The van der Waals surface area contributed by atoms with Crippen LogP contribution in [-0.2, 0) is 43.4 Å². The fraction of sp³-hybridized carbons (Fsp3) is 0.378. The molecule has 0 aliphatic carbocycles. The lowest BCUT2D eigenvalue weighted by Crippen LogP contribution is -2.57. The SMILES string of the molecule is Cc1cc(=O)n(CC(=O)N2CCNC(=O)[C@H](Cc3ccccc3)NC(=O)[C@@H]3C[C@@H](O)CN3C(=O)[C@@H](Cc3c[nH]c4ccccc34)NC(=O)C2)nc1C. The number of aromatic amines is 1.